The normalized spacial score (nSPS) is 12.4. The van der Waals surface area contributed by atoms with E-state index in [9.17, 15) is 4.79 Å². The van der Waals surface area contributed by atoms with Gasteiger partial charge in [-0.15, -0.1) is 0 Å². The standard InChI is InChI=1S/C16H27N3O2/c1-14(16(20)18-10-9-17-11-12-21-3)19(2)13-15-7-5-4-6-8-15/h4-8,14,17H,9-13H2,1-3H3,(H,18,20). The molecular formula is C16H27N3O2. The summed E-state index contributed by atoms with van der Waals surface area (Å²) >= 11 is 0. The highest BCUT2D eigenvalue weighted by molar-refractivity contribution is 5.81. The van der Waals surface area contributed by atoms with Crippen LogP contribution in [-0.2, 0) is 16.1 Å². The van der Waals surface area contributed by atoms with Crippen LogP contribution in [0.3, 0.4) is 0 Å². The van der Waals surface area contributed by atoms with Crippen molar-refractivity contribution in [2.24, 2.45) is 0 Å². The van der Waals surface area contributed by atoms with E-state index < -0.39 is 0 Å². The number of ether oxygens (including phenoxy) is 1. The molecule has 0 bridgehead atoms. The molecule has 0 aliphatic carbocycles. The Bertz CT molecular complexity index is 398. The third kappa shape index (κ3) is 7.22. The van der Waals surface area contributed by atoms with Gasteiger partial charge >= 0.3 is 0 Å². The van der Waals surface area contributed by atoms with Gasteiger partial charge in [0.15, 0.2) is 0 Å². The number of carbonyl (C=O) groups excluding carboxylic acids is 1. The average molecular weight is 293 g/mol. The number of hydrogen-bond donors (Lipinski definition) is 2. The molecule has 0 heterocycles. The number of likely N-dealkylation sites (N-methyl/N-ethyl adjacent to an activating group) is 1. The highest BCUT2D eigenvalue weighted by atomic mass is 16.5. The molecule has 1 amide bonds. The maximum Gasteiger partial charge on any atom is 0.237 e. The van der Waals surface area contributed by atoms with Crippen molar-refractivity contribution in [3.05, 3.63) is 35.9 Å². The Morgan fingerprint density at radius 2 is 1.95 bits per heavy atom. The smallest absolute Gasteiger partial charge is 0.237 e. The zero-order valence-electron chi connectivity index (χ0n) is 13.3. The summed E-state index contributed by atoms with van der Waals surface area (Å²) in [6, 6.07) is 10.0. The molecule has 0 aromatic heterocycles. The van der Waals surface area contributed by atoms with E-state index in [4.69, 9.17) is 4.74 Å². The van der Waals surface area contributed by atoms with Gasteiger partial charge in [-0.05, 0) is 19.5 Å². The van der Waals surface area contributed by atoms with Crippen LogP contribution in [0.2, 0.25) is 0 Å². The van der Waals surface area contributed by atoms with Crippen molar-refractivity contribution in [3.63, 3.8) is 0 Å². The van der Waals surface area contributed by atoms with Crippen LogP contribution < -0.4 is 10.6 Å². The van der Waals surface area contributed by atoms with Gasteiger partial charge in [0.2, 0.25) is 5.91 Å². The van der Waals surface area contributed by atoms with Crippen molar-refractivity contribution in [2.75, 3.05) is 40.4 Å². The maximum absolute atomic E-state index is 12.1. The second-order valence-corrected chi connectivity index (χ2v) is 5.11. The van der Waals surface area contributed by atoms with Crippen LogP contribution in [-0.4, -0.2) is 57.2 Å². The molecule has 0 saturated heterocycles. The molecule has 1 rings (SSSR count). The second kappa shape index (κ2) is 10.3. The lowest BCUT2D eigenvalue weighted by molar-refractivity contribution is -0.125. The van der Waals surface area contributed by atoms with Crippen LogP contribution in [0.4, 0.5) is 0 Å². The molecule has 0 spiro atoms. The minimum atomic E-state index is -0.149. The van der Waals surface area contributed by atoms with E-state index in [0.29, 0.717) is 13.2 Å². The van der Waals surface area contributed by atoms with E-state index in [1.807, 2.05) is 37.1 Å². The molecule has 5 heteroatoms. The van der Waals surface area contributed by atoms with Gasteiger partial charge in [-0.3, -0.25) is 9.69 Å². The summed E-state index contributed by atoms with van der Waals surface area (Å²) in [5.41, 5.74) is 1.21. The van der Waals surface area contributed by atoms with Crippen LogP contribution in [0.15, 0.2) is 30.3 Å². The Labute approximate surface area is 127 Å². The lowest BCUT2D eigenvalue weighted by Gasteiger charge is -2.24. The summed E-state index contributed by atoms with van der Waals surface area (Å²) in [6.45, 7) is 5.56. The van der Waals surface area contributed by atoms with E-state index in [-0.39, 0.29) is 11.9 Å². The fraction of sp³-hybridized carbons (Fsp3) is 0.562. The number of amides is 1. The minimum absolute atomic E-state index is 0.0574. The van der Waals surface area contributed by atoms with Crippen molar-refractivity contribution in [2.45, 2.75) is 19.5 Å². The first kappa shape index (κ1) is 17.6. The van der Waals surface area contributed by atoms with Crippen molar-refractivity contribution in [1.29, 1.82) is 0 Å². The Balaban J connectivity index is 2.23. The van der Waals surface area contributed by atoms with Crippen molar-refractivity contribution >= 4 is 5.91 Å². The highest BCUT2D eigenvalue weighted by Gasteiger charge is 2.17. The average Bonchev–Trinajstić information content (AvgIpc) is 2.50. The van der Waals surface area contributed by atoms with E-state index in [1.165, 1.54) is 5.56 Å². The quantitative estimate of drug-likeness (QED) is 0.628. The van der Waals surface area contributed by atoms with Crippen LogP contribution in [0.25, 0.3) is 0 Å². The summed E-state index contributed by atoms with van der Waals surface area (Å²) in [5, 5.41) is 6.14. The van der Waals surface area contributed by atoms with Gasteiger partial charge < -0.3 is 15.4 Å². The van der Waals surface area contributed by atoms with Gasteiger partial charge in [0.1, 0.15) is 0 Å². The van der Waals surface area contributed by atoms with Crippen molar-refractivity contribution in [3.8, 4) is 0 Å². The fourth-order valence-corrected chi connectivity index (χ4v) is 1.93. The lowest BCUT2D eigenvalue weighted by atomic mass is 10.2. The maximum atomic E-state index is 12.1. The zero-order valence-corrected chi connectivity index (χ0v) is 13.3. The molecule has 0 aliphatic rings. The molecular weight excluding hydrogens is 266 g/mol. The van der Waals surface area contributed by atoms with Gasteiger partial charge in [-0.2, -0.15) is 0 Å². The van der Waals surface area contributed by atoms with Gasteiger partial charge in [0.25, 0.3) is 0 Å². The SMILES string of the molecule is COCCNCCNC(=O)C(C)N(C)Cc1ccccc1. The van der Waals surface area contributed by atoms with Crippen molar-refractivity contribution < 1.29 is 9.53 Å². The van der Waals surface area contributed by atoms with Crippen LogP contribution in [0.1, 0.15) is 12.5 Å². The molecule has 1 aromatic rings. The van der Waals surface area contributed by atoms with E-state index in [0.717, 1.165) is 19.6 Å². The molecule has 1 atom stereocenters. The summed E-state index contributed by atoms with van der Waals surface area (Å²) in [4.78, 5) is 14.1. The molecule has 0 saturated carbocycles. The summed E-state index contributed by atoms with van der Waals surface area (Å²) in [5.74, 6) is 0.0574. The van der Waals surface area contributed by atoms with E-state index >= 15 is 0 Å². The Hall–Kier alpha value is -1.43. The predicted octanol–water partition coefficient (Wildman–Crippen LogP) is 0.859. The zero-order chi connectivity index (χ0) is 15.5. The molecule has 0 fully saturated rings. The van der Waals surface area contributed by atoms with E-state index in [1.54, 1.807) is 7.11 Å². The number of hydrogen-bond acceptors (Lipinski definition) is 4. The molecule has 1 aromatic carbocycles. The van der Waals surface area contributed by atoms with Crippen molar-refractivity contribution in [1.82, 2.24) is 15.5 Å². The van der Waals surface area contributed by atoms with Crippen LogP contribution in [0, 0.1) is 0 Å². The first-order valence-corrected chi connectivity index (χ1v) is 7.36. The van der Waals surface area contributed by atoms with Gasteiger partial charge in [-0.25, -0.2) is 0 Å². The summed E-state index contributed by atoms with van der Waals surface area (Å²) < 4.78 is 4.94. The number of nitrogens with one attached hydrogen (secondary N) is 2. The minimum Gasteiger partial charge on any atom is -0.383 e. The largest absolute Gasteiger partial charge is 0.383 e. The molecule has 21 heavy (non-hydrogen) atoms. The van der Waals surface area contributed by atoms with Gasteiger partial charge in [-0.1, -0.05) is 30.3 Å². The predicted molar refractivity (Wildman–Crippen MR) is 85.1 cm³/mol. The molecule has 2 N–H and O–H groups in total. The first-order chi connectivity index (χ1) is 10.1. The second-order valence-electron chi connectivity index (χ2n) is 5.11. The molecule has 118 valence electrons. The monoisotopic (exact) mass is 293 g/mol. The molecule has 0 aliphatic heterocycles. The number of rotatable bonds is 10. The summed E-state index contributed by atoms with van der Waals surface area (Å²) in [6.07, 6.45) is 0. The van der Waals surface area contributed by atoms with Crippen LogP contribution >= 0.6 is 0 Å². The topological polar surface area (TPSA) is 53.6 Å². The lowest BCUT2D eigenvalue weighted by Crippen LogP contribution is -2.44. The Morgan fingerprint density at radius 3 is 2.62 bits per heavy atom. The summed E-state index contributed by atoms with van der Waals surface area (Å²) in [7, 11) is 3.64. The number of methoxy groups -OCH3 is 1. The van der Waals surface area contributed by atoms with Crippen LogP contribution in [0.5, 0.6) is 0 Å². The number of nitrogens with zero attached hydrogens (tertiary/aromatic N) is 1. The first-order valence-electron chi connectivity index (χ1n) is 7.36. The van der Waals surface area contributed by atoms with E-state index in [2.05, 4.69) is 22.8 Å². The Kier molecular flexibility index (Phi) is 8.66. The number of benzene rings is 1. The fourth-order valence-electron chi connectivity index (χ4n) is 1.93. The third-order valence-corrected chi connectivity index (χ3v) is 3.40. The molecule has 1 unspecified atom stereocenters. The number of carbonyl (C=O) groups is 1. The highest BCUT2D eigenvalue weighted by Crippen LogP contribution is 2.05. The van der Waals surface area contributed by atoms with Gasteiger partial charge in [0, 0.05) is 33.3 Å². The molecule has 5 nitrogen and oxygen atoms in total. The van der Waals surface area contributed by atoms with Gasteiger partial charge in [0.05, 0.1) is 12.6 Å². The molecule has 0 radical (unpaired) electrons. The third-order valence-electron chi connectivity index (χ3n) is 3.40. The Morgan fingerprint density at radius 1 is 1.24 bits per heavy atom.